The molecule has 10 heteroatoms. The lowest BCUT2D eigenvalue weighted by Crippen LogP contribution is -2.32. The number of aromatic nitrogens is 1. The number of benzene rings is 1. The van der Waals surface area contributed by atoms with Gasteiger partial charge >= 0.3 is 10.8 Å². The van der Waals surface area contributed by atoms with Crippen LogP contribution in [0.4, 0.5) is 5.69 Å². The van der Waals surface area contributed by atoms with Crippen LogP contribution in [0.15, 0.2) is 63.0 Å². The number of thioether (sulfide) groups is 1. The minimum atomic E-state index is -0.743. The van der Waals surface area contributed by atoms with Gasteiger partial charge in [-0.1, -0.05) is 41.3 Å². The molecule has 1 fully saturated rings. The smallest absolute Gasteiger partial charge is 0.326 e. The number of esters is 1. The van der Waals surface area contributed by atoms with Crippen LogP contribution in [0.3, 0.4) is 0 Å². The van der Waals surface area contributed by atoms with Crippen LogP contribution < -0.4 is 9.77 Å². The zero-order chi connectivity index (χ0) is 22.4. The number of nitrogens with zero attached hydrogens (tertiary/aromatic N) is 2. The Hall–Kier alpha value is -3.11. The highest BCUT2D eigenvalue weighted by molar-refractivity contribution is 8.00. The Balaban J connectivity index is 1.63. The van der Waals surface area contributed by atoms with Gasteiger partial charge in [0.05, 0.1) is 40.3 Å². The maximum absolute atomic E-state index is 13.5. The maximum Gasteiger partial charge on any atom is 0.326 e. The molecular formula is C22H18N2O6S2. The van der Waals surface area contributed by atoms with Gasteiger partial charge in [-0.05, 0) is 31.2 Å². The Morgan fingerprint density at radius 3 is 2.56 bits per heavy atom. The van der Waals surface area contributed by atoms with Crippen molar-refractivity contribution in [1.29, 1.82) is 0 Å². The van der Waals surface area contributed by atoms with Gasteiger partial charge in [-0.15, -0.1) is 0 Å². The molecule has 0 bridgehead atoms. The number of carbonyl (C=O) groups is 3. The fraction of sp³-hybridized carbons (Fsp3) is 0.273. The molecule has 1 aromatic carbocycles. The molecule has 8 nitrogen and oxygen atoms in total. The van der Waals surface area contributed by atoms with Gasteiger partial charge in [0, 0.05) is 0 Å². The van der Waals surface area contributed by atoms with Crippen molar-refractivity contribution in [3.8, 4) is 0 Å². The quantitative estimate of drug-likeness (QED) is 0.418. The number of hydrogen-bond acceptors (Lipinski definition) is 8. The minimum absolute atomic E-state index is 0.200. The molecule has 0 N–H and O–H groups in total. The van der Waals surface area contributed by atoms with Crippen molar-refractivity contribution in [2.24, 2.45) is 5.92 Å². The molecule has 1 saturated heterocycles. The van der Waals surface area contributed by atoms with Gasteiger partial charge in [0.1, 0.15) is 17.6 Å². The van der Waals surface area contributed by atoms with Gasteiger partial charge in [0.25, 0.3) is 0 Å². The number of carbonyl (C=O) groups excluding carboxylic acids is 3. The molecule has 2 aliphatic rings. The van der Waals surface area contributed by atoms with Crippen molar-refractivity contribution in [2.75, 3.05) is 11.5 Å². The number of para-hydroxylation sites is 1. The molecule has 0 aliphatic carbocycles. The molecule has 3 atom stereocenters. The highest BCUT2D eigenvalue weighted by Crippen LogP contribution is 2.53. The Morgan fingerprint density at radius 1 is 1.09 bits per heavy atom. The predicted molar refractivity (Wildman–Crippen MR) is 118 cm³/mol. The fourth-order valence-electron chi connectivity index (χ4n) is 4.20. The van der Waals surface area contributed by atoms with Gasteiger partial charge in [-0.2, -0.15) is 0 Å². The van der Waals surface area contributed by atoms with E-state index in [0.717, 1.165) is 23.1 Å². The Bertz CT molecular complexity index is 1250. The SMILES string of the molecule is CCOC(=O)Cn1c2c(sc1=O)C(c1ccco1)C1C(=O)N(c3ccccc3)C(=O)C1S2. The van der Waals surface area contributed by atoms with Crippen molar-refractivity contribution < 1.29 is 23.5 Å². The first-order valence-electron chi connectivity index (χ1n) is 10.0. The first-order chi connectivity index (χ1) is 15.5. The summed E-state index contributed by atoms with van der Waals surface area (Å²) in [4.78, 5) is 53.3. The van der Waals surface area contributed by atoms with Crippen LogP contribution in [-0.4, -0.2) is 34.2 Å². The molecule has 4 heterocycles. The summed E-state index contributed by atoms with van der Waals surface area (Å²) in [7, 11) is 0. The summed E-state index contributed by atoms with van der Waals surface area (Å²) in [5.74, 6) is -2.03. The molecule has 3 aromatic rings. The van der Waals surface area contributed by atoms with E-state index in [1.807, 2.05) is 6.07 Å². The summed E-state index contributed by atoms with van der Waals surface area (Å²) in [5, 5.41) is -0.237. The van der Waals surface area contributed by atoms with Crippen molar-refractivity contribution >= 4 is 46.6 Å². The molecule has 0 saturated carbocycles. The van der Waals surface area contributed by atoms with E-state index in [0.29, 0.717) is 21.4 Å². The van der Waals surface area contributed by atoms with Crippen LogP contribution >= 0.6 is 23.1 Å². The zero-order valence-corrected chi connectivity index (χ0v) is 18.6. The van der Waals surface area contributed by atoms with Gasteiger partial charge in [-0.3, -0.25) is 23.7 Å². The molecule has 0 radical (unpaired) electrons. The van der Waals surface area contributed by atoms with Gasteiger partial charge in [0.15, 0.2) is 0 Å². The number of hydrogen-bond donors (Lipinski definition) is 0. The number of rotatable bonds is 5. The topological polar surface area (TPSA) is 98.8 Å². The summed E-state index contributed by atoms with van der Waals surface area (Å²) < 4.78 is 12.0. The van der Waals surface area contributed by atoms with Crippen LogP contribution in [-0.2, 0) is 25.7 Å². The second-order valence-corrected chi connectivity index (χ2v) is 9.46. The summed E-state index contributed by atoms with van der Waals surface area (Å²) in [6.45, 7) is 1.64. The highest BCUT2D eigenvalue weighted by Gasteiger charge is 2.57. The van der Waals surface area contributed by atoms with Crippen LogP contribution in [0, 0.1) is 5.92 Å². The van der Waals surface area contributed by atoms with Crippen molar-refractivity contribution in [3.05, 3.63) is 69.0 Å². The zero-order valence-electron chi connectivity index (χ0n) is 16.9. The van der Waals surface area contributed by atoms with E-state index in [1.165, 1.54) is 15.7 Å². The van der Waals surface area contributed by atoms with Crippen LogP contribution in [0.5, 0.6) is 0 Å². The Morgan fingerprint density at radius 2 is 1.88 bits per heavy atom. The molecule has 2 aliphatic heterocycles. The number of thiazole rings is 1. The monoisotopic (exact) mass is 470 g/mol. The number of amides is 2. The normalized spacial score (nSPS) is 22.0. The number of imide groups is 1. The largest absolute Gasteiger partial charge is 0.469 e. The van der Waals surface area contributed by atoms with E-state index < -0.39 is 23.1 Å². The molecule has 5 rings (SSSR count). The molecule has 3 unspecified atom stereocenters. The Kier molecular flexibility index (Phi) is 5.26. The lowest BCUT2D eigenvalue weighted by atomic mass is 9.87. The number of ether oxygens (including phenoxy) is 1. The highest BCUT2D eigenvalue weighted by atomic mass is 32.2. The van der Waals surface area contributed by atoms with Crippen LogP contribution in [0.25, 0.3) is 0 Å². The van der Waals surface area contributed by atoms with E-state index in [1.54, 1.807) is 43.3 Å². The van der Waals surface area contributed by atoms with Crippen molar-refractivity contribution in [1.82, 2.24) is 4.57 Å². The van der Waals surface area contributed by atoms with Crippen LogP contribution in [0.2, 0.25) is 0 Å². The molecular weight excluding hydrogens is 452 g/mol. The standard InChI is InChI=1S/C22H18N2O6S2/c1-2-29-14(25)11-23-21-18(32-22(23)28)15(13-9-6-10-30-13)16-17(31-21)20(27)24(19(16)26)12-7-4-3-5-8-12/h3-10,15-17H,2,11H2,1H3. The molecule has 2 amide bonds. The van der Waals surface area contributed by atoms with Gasteiger partial charge in [-0.25, -0.2) is 4.90 Å². The number of fused-ring (bicyclic) bond motifs is 2. The van der Waals surface area contributed by atoms with E-state index in [-0.39, 0.29) is 29.8 Å². The van der Waals surface area contributed by atoms with E-state index in [2.05, 4.69) is 0 Å². The molecule has 32 heavy (non-hydrogen) atoms. The maximum atomic E-state index is 13.5. The summed E-state index contributed by atoms with van der Waals surface area (Å²) >= 11 is 2.13. The van der Waals surface area contributed by atoms with Crippen molar-refractivity contribution in [3.63, 3.8) is 0 Å². The van der Waals surface area contributed by atoms with Crippen molar-refractivity contribution in [2.45, 2.75) is 29.7 Å². The predicted octanol–water partition coefficient (Wildman–Crippen LogP) is 2.86. The fourth-order valence-corrected chi connectivity index (χ4v) is 6.95. The second-order valence-electron chi connectivity index (χ2n) is 7.33. The van der Waals surface area contributed by atoms with E-state index in [4.69, 9.17) is 9.15 Å². The van der Waals surface area contributed by atoms with Crippen LogP contribution in [0.1, 0.15) is 23.5 Å². The molecule has 164 valence electrons. The average Bonchev–Trinajstić information content (AvgIpc) is 3.47. The first-order valence-corrected chi connectivity index (χ1v) is 11.7. The Labute approximate surface area is 190 Å². The lowest BCUT2D eigenvalue weighted by Gasteiger charge is -2.28. The summed E-state index contributed by atoms with van der Waals surface area (Å²) in [6.07, 6.45) is 1.50. The third-order valence-corrected chi connectivity index (χ3v) is 8.11. The number of anilines is 1. The summed E-state index contributed by atoms with van der Waals surface area (Å²) in [6, 6.07) is 12.2. The third-order valence-electron chi connectivity index (χ3n) is 5.51. The molecule has 0 spiro atoms. The lowest BCUT2D eigenvalue weighted by molar-refractivity contribution is -0.144. The first kappa shape index (κ1) is 20.8. The number of furan rings is 1. The van der Waals surface area contributed by atoms with E-state index in [9.17, 15) is 19.2 Å². The van der Waals surface area contributed by atoms with E-state index >= 15 is 0 Å². The second kappa shape index (κ2) is 8.10. The van der Waals surface area contributed by atoms with Gasteiger partial charge < -0.3 is 9.15 Å². The third kappa shape index (κ3) is 3.21. The average molecular weight is 471 g/mol. The van der Waals surface area contributed by atoms with Gasteiger partial charge in [0.2, 0.25) is 11.8 Å². The molecule has 2 aromatic heterocycles. The minimum Gasteiger partial charge on any atom is -0.469 e. The summed E-state index contributed by atoms with van der Waals surface area (Å²) in [5.41, 5.74) is 0.503.